The molecule has 1 N–H and O–H groups in total. The van der Waals surface area contributed by atoms with Crippen molar-refractivity contribution in [2.75, 3.05) is 5.32 Å². The predicted octanol–water partition coefficient (Wildman–Crippen LogP) is 3.99. The number of rotatable bonds is 4. The predicted molar refractivity (Wildman–Crippen MR) is 99.2 cm³/mol. The van der Waals surface area contributed by atoms with Gasteiger partial charge in [-0.3, -0.25) is 9.59 Å². The molecular formula is C19H21N3O3S. The first kappa shape index (κ1) is 17.1. The molecule has 6 nitrogen and oxygen atoms in total. The summed E-state index contributed by atoms with van der Waals surface area (Å²) < 4.78 is 5.43. The van der Waals surface area contributed by atoms with E-state index < -0.39 is 0 Å². The van der Waals surface area contributed by atoms with Gasteiger partial charge in [-0.15, -0.1) is 11.3 Å². The molecule has 26 heavy (non-hydrogen) atoms. The van der Waals surface area contributed by atoms with Crippen LogP contribution in [0.5, 0.6) is 0 Å². The summed E-state index contributed by atoms with van der Waals surface area (Å²) in [6.07, 6.45) is 8.46. The molecule has 0 unspecified atom stereocenters. The molecule has 7 heteroatoms. The Morgan fingerprint density at radius 3 is 2.77 bits per heavy atom. The standard InChI is InChI=1S/C19H21N3O3S/c1-11-20-18(25-22-11)16-14-7-3-2-4-9-15(14)26-19(16)21-17(24)13-8-5-6-12(13)10-23/h10H,2-9H2,1H3,(H,21,24). The van der Waals surface area contributed by atoms with Crippen LogP contribution in [0.2, 0.25) is 0 Å². The monoisotopic (exact) mass is 371 g/mol. The fourth-order valence-electron chi connectivity index (χ4n) is 3.79. The zero-order valence-electron chi connectivity index (χ0n) is 14.8. The van der Waals surface area contributed by atoms with E-state index in [1.807, 2.05) is 0 Å². The molecule has 2 aliphatic rings. The number of carbonyl (C=O) groups is 2. The van der Waals surface area contributed by atoms with Gasteiger partial charge in [0.2, 0.25) is 0 Å². The van der Waals surface area contributed by atoms with Gasteiger partial charge in [0.25, 0.3) is 11.8 Å². The number of hydrogen-bond acceptors (Lipinski definition) is 6. The fourth-order valence-corrected chi connectivity index (χ4v) is 5.07. The third kappa shape index (κ3) is 3.11. The van der Waals surface area contributed by atoms with Gasteiger partial charge >= 0.3 is 0 Å². The van der Waals surface area contributed by atoms with E-state index in [9.17, 15) is 9.59 Å². The Labute approximate surface area is 155 Å². The summed E-state index contributed by atoms with van der Waals surface area (Å²) in [6.45, 7) is 1.79. The quantitative estimate of drug-likeness (QED) is 0.649. The van der Waals surface area contributed by atoms with Crippen molar-refractivity contribution < 1.29 is 14.1 Å². The minimum atomic E-state index is -0.182. The van der Waals surface area contributed by atoms with Gasteiger partial charge in [-0.25, -0.2) is 0 Å². The minimum absolute atomic E-state index is 0.182. The van der Waals surface area contributed by atoms with Crippen molar-refractivity contribution in [3.05, 3.63) is 27.4 Å². The van der Waals surface area contributed by atoms with Crippen LogP contribution >= 0.6 is 11.3 Å². The van der Waals surface area contributed by atoms with Crippen LogP contribution in [0.4, 0.5) is 5.00 Å². The number of carbonyl (C=O) groups excluding carboxylic acids is 2. The first-order valence-corrected chi connectivity index (χ1v) is 9.92. The normalized spacial score (nSPS) is 17.1. The molecule has 2 aromatic heterocycles. The van der Waals surface area contributed by atoms with Crippen molar-refractivity contribution in [2.24, 2.45) is 0 Å². The molecule has 2 aliphatic carbocycles. The number of hydrogen-bond donors (Lipinski definition) is 1. The maximum atomic E-state index is 12.8. The highest BCUT2D eigenvalue weighted by Gasteiger charge is 2.27. The summed E-state index contributed by atoms with van der Waals surface area (Å²) in [5, 5.41) is 7.71. The van der Waals surface area contributed by atoms with Gasteiger partial charge < -0.3 is 9.84 Å². The lowest BCUT2D eigenvalue weighted by Crippen LogP contribution is -2.14. The number of aromatic nitrogens is 2. The highest BCUT2D eigenvalue weighted by Crippen LogP contribution is 2.43. The van der Waals surface area contributed by atoms with Crippen LogP contribution in [0.3, 0.4) is 0 Å². The summed E-state index contributed by atoms with van der Waals surface area (Å²) in [6, 6.07) is 0. The van der Waals surface area contributed by atoms with E-state index in [0.29, 0.717) is 35.7 Å². The first-order valence-electron chi connectivity index (χ1n) is 9.11. The molecule has 2 aromatic rings. The smallest absolute Gasteiger partial charge is 0.261 e. The van der Waals surface area contributed by atoms with Gasteiger partial charge in [-0.1, -0.05) is 11.6 Å². The molecular weight excluding hydrogens is 350 g/mol. The van der Waals surface area contributed by atoms with Gasteiger partial charge in [0.1, 0.15) is 11.3 Å². The summed E-state index contributed by atoms with van der Waals surface area (Å²) in [7, 11) is 0. The lowest BCUT2D eigenvalue weighted by Gasteiger charge is -2.07. The second-order valence-corrected chi connectivity index (χ2v) is 7.95. The molecule has 0 radical (unpaired) electrons. The molecule has 0 aromatic carbocycles. The molecule has 2 heterocycles. The van der Waals surface area contributed by atoms with Crippen LogP contribution in [0.25, 0.3) is 11.5 Å². The zero-order valence-corrected chi connectivity index (χ0v) is 15.6. The number of fused-ring (bicyclic) bond motifs is 1. The van der Waals surface area contributed by atoms with Crippen molar-refractivity contribution in [3.63, 3.8) is 0 Å². The number of anilines is 1. The topological polar surface area (TPSA) is 85.1 Å². The zero-order chi connectivity index (χ0) is 18.1. The SMILES string of the molecule is Cc1noc(-c2c(NC(=O)C3=C(C=O)CCC3)sc3c2CCCCC3)n1. The average Bonchev–Trinajstić information content (AvgIpc) is 3.30. The van der Waals surface area contributed by atoms with E-state index in [0.717, 1.165) is 49.0 Å². The third-order valence-corrected chi connectivity index (χ3v) is 6.27. The summed E-state index contributed by atoms with van der Waals surface area (Å²) >= 11 is 1.60. The average molecular weight is 371 g/mol. The van der Waals surface area contributed by atoms with Gasteiger partial charge in [0.05, 0.1) is 5.56 Å². The molecule has 0 aliphatic heterocycles. The summed E-state index contributed by atoms with van der Waals surface area (Å²) in [5.74, 6) is 0.860. The van der Waals surface area contributed by atoms with E-state index in [1.165, 1.54) is 16.9 Å². The molecule has 1 amide bonds. The summed E-state index contributed by atoms with van der Waals surface area (Å²) in [4.78, 5) is 29.6. The molecule has 0 fully saturated rings. The first-order chi connectivity index (χ1) is 12.7. The highest BCUT2D eigenvalue weighted by atomic mass is 32.1. The number of aryl methyl sites for hydroxylation is 2. The van der Waals surface area contributed by atoms with Crippen molar-refractivity contribution in [3.8, 4) is 11.5 Å². The Balaban J connectivity index is 1.74. The Bertz CT molecular complexity index is 894. The Kier molecular flexibility index (Phi) is 4.72. The maximum absolute atomic E-state index is 12.8. The van der Waals surface area contributed by atoms with Crippen LogP contribution in [-0.4, -0.2) is 22.3 Å². The van der Waals surface area contributed by atoms with E-state index in [1.54, 1.807) is 18.3 Å². The van der Waals surface area contributed by atoms with Gasteiger partial charge in [0, 0.05) is 16.0 Å². The van der Waals surface area contributed by atoms with Gasteiger partial charge in [-0.2, -0.15) is 4.98 Å². The van der Waals surface area contributed by atoms with E-state index in [-0.39, 0.29) is 5.91 Å². The Morgan fingerprint density at radius 2 is 2.00 bits per heavy atom. The molecule has 0 spiro atoms. The second-order valence-electron chi connectivity index (χ2n) is 6.84. The van der Waals surface area contributed by atoms with Crippen LogP contribution in [-0.2, 0) is 22.4 Å². The van der Waals surface area contributed by atoms with Crippen molar-refractivity contribution >= 4 is 28.5 Å². The van der Waals surface area contributed by atoms with Crippen molar-refractivity contribution in [2.45, 2.75) is 58.3 Å². The van der Waals surface area contributed by atoms with Gasteiger partial charge in [-0.05, 0) is 57.4 Å². The van der Waals surface area contributed by atoms with Crippen molar-refractivity contribution in [1.82, 2.24) is 10.1 Å². The minimum Gasteiger partial charge on any atom is -0.334 e. The van der Waals surface area contributed by atoms with E-state index in [4.69, 9.17) is 4.52 Å². The number of allylic oxidation sites excluding steroid dienone is 1. The lowest BCUT2D eigenvalue weighted by molar-refractivity contribution is -0.113. The van der Waals surface area contributed by atoms with E-state index in [2.05, 4.69) is 15.5 Å². The Hall–Kier alpha value is -2.28. The molecule has 136 valence electrons. The second kappa shape index (κ2) is 7.15. The van der Waals surface area contributed by atoms with Crippen molar-refractivity contribution in [1.29, 1.82) is 0 Å². The number of nitrogens with zero attached hydrogens (tertiary/aromatic N) is 2. The number of aldehydes is 1. The highest BCUT2D eigenvalue weighted by molar-refractivity contribution is 7.17. The van der Waals surface area contributed by atoms with E-state index >= 15 is 0 Å². The summed E-state index contributed by atoms with van der Waals surface area (Å²) in [5.41, 5.74) is 3.32. The van der Waals surface area contributed by atoms with Crippen LogP contribution < -0.4 is 5.32 Å². The van der Waals surface area contributed by atoms with Crippen LogP contribution in [0, 0.1) is 6.92 Å². The van der Waals surface area contributed by atoms with Crippen LogP contribution in [0.15, 0.2) is 15.7 Å². The largest absolute Gasteiger partial charge is 0.334 e. The van der Waals surface area contributed by atoms with Crippen LogP contribution in [0.1, 0.15) is 54.8 Å². The molecule has 0 bridgehead atoms. The maximum Gasteiger partial charge on any atom is 0.261 e. The van der Waals surface area contributed by atoms with Gasteiger partial charge in [0.15, 0.2) is 5.82 Å². The third-order valence-electron chi connectivity index (χ3n) is 5.07. The lowest BCUT2D eigenvalue weighted by atomic mass is 10.1. The molecule has 0 saturated carbocycles. The molecule has 0 atom stereocenters. The fraction of sp³-hybridized carbons (Fsp3) is 0.474. The molecule has 0 saturated heterocycles. The number of thiophene rings is 1. The Morgan fingerprint density at radius 1 is 1.15 bits per heavy atom. The number of nitrogens with one attached hydrogen (secondary N) is 1. The number of amides is 1. The molecule has 4 rings (SSSR count).